The molecule has 0 spiro atoms. The quantitative estimate of drug-likeness (QED) is 0.467. The fourth-order valence-corrected chi connectivity index (χ4v) is 1.82. The predicted molar refractivity (Wildman–Crippen MR) is 62.6 cm³/mol. The number of ether oxygens (including phenoxy) is 1. The van der Waals surface area contributed by atoms with Crippen LogP contribution in [-0.4, -0.2) is 35.0 Å². The number of nitrogens with zero attached hydrogens (tertiary/aromatic N) is 1. The molecule has 0 saturated heterocycles. The summed E-state index contributed by atoms with van der Waals surface area (Å²) in [5.74, 6) is 0.476. The third-order valence-electron chi connectivity index (χ3n) is 1.80. The number of aliphatic hydroxyl groups is 1. The number of esters is 1. The maximum atomic E-state index is 11.3. The van der Waals surface area contributed by atoms with Gasteiger partial charge in [0, 0.05) is 18.6 Å². The Hall–Kier alpha value is -1.07. The van der Waals surface area contributed by atoms with Gasteiger partial charge in [-0.25, -0.2) is 9.78 Å². The van der Waals surface area contributed by atoms with Gasteiger partial charge in [-0.05, 0) is 25.5 Å². The average molecular weight is 241 g/mol. The first-order chi connectivity index (χ1) is 7.77. The van der Waals surface area contributed by atoms with Crippen molar-refractivity contribution in [2.75, 3.05) is 19.0 Å². The highest BCUT2D eigenvalue weighted by molar-refractivity contribution is 7.99. The van der Waals surface area contributed by atoms with Crippen LogP contribution in [0.1, 0.15) is 23.7 Å². The number of hydrogen-bond acceptors (Lipinski definition) is 5. The molecule has 1 heterocycles. The molecule has 0 aliphatic heterocycles. The lowest BCUT2D eigenvalue weighted by atomic mass is 10.3. The minimum Gasteiger partial charge on any atom is -0.462 e. The second-order valence-electron chi connectivity index (χ2n) is 3.03. The zero-order chi connectivity index (χ0) is 11.8. The fraction of sp³-hybridized carbons (Fsp3) is 0.455. The summed E-state index contributed by atoms with van der Waals surface area (Å²) in [5.41, 5.74) is 0.466. The largest absolute Gasteiger partial charge is 0.462 e. The minimum atomic E-state index is -0.345. The van der Waals surface area contributed by atoms with Crippen LogP contribution in [0.3, 0.4) is 0 Å². The smallest absolute Gasteiger partial charge is 0.339 e. The molecule has 0 radical (unpaired) electrons. The molecule has 1 aromatic rings. The van der Waals surface area contributed by atoms with Crippen molar-refractivity contribution in [3.05, 3.63) is 23.9 Å². The van der Waals surface area contributed by atoms with Crippen LogP contribution in [0.15, 0.2) is 23.4 Å². The van der Waals surface area contributed by atoms with Crippen molar-refractivity contribution in [2.45, 2.75) is 18.4 Å². The summed E-state index contributed by atoms with van der Waals surface area (Å²) in [6.45, 7) is 2.32. The molecule has 1 rings (SSSR count). The molecule has 88 valence electrons. The van der Waals surface area contributed by atoms with E-state index in [1.54, 1.807) is 30.8 Å². The first-order valence-corrected chi connectivity index (χ1v) is 6.13. The van der Waals surface area contributed by atoms with E-state index < -0.39 is 0 Å². The van der Waals surface area contributed by atoms with Crippen LogP contribution >= 0.6 is 11.8 Å². The van der Waals surface area contributed by atoms with Crippen molar-refractivity contribution < 1.29 is 14.6 Å². The van der Waals surface area contributed by atoms with E-state index >= 15 is 0 Å². The van der Waals surface area contributed by atoms with Crippen molar-refractivity contribution in [1.29, 1.82) is 0 Å². The average Bonchev–Trinajstić information content (AvgIpc) is 2.30. The van der Waals surface area contributed by atoms with Gasteiger partial charge in [0.25, 0.3) is 0 Å². The maximum Gasteiger partial charge on any atom is 0.339 e. The Kier molecular flexibility index (Phi) is 5.88. The molecule has 0 amide bonds. The highest BCUT2D eigenvalue weighted by atomic mass is 32.2. The number of aliphatic hydroxyl groups excluding tert-OH is 1. The van der Waals surface area contributed by atoms with E-state index in [0.29, 0.717) is 12.2 Å². The molecule has 0 bridgehead atoms. The normalized spacial score (nSPS) is 10.1. The lowest BCUT2D eigenvalue weighted by Crippen LogP contribution is -2.04. The number of rotatable bonds is 6. The molecule has 0 saturated carbocycles. The molecule has 0 fully saturated rings. The van der Waals surface area contributed by atoms with Crippen LogP contribution in [0.2, 0.25) is 0 Å². The standard InChI is InChI=1S/C11H15NO3S/c1-2-15-11(14)9-4-5-10(12-8-9)16-7-3-6-13/h4-5,8,13H,2-3,6-7H2,1H3. The molecule has 0 aliphatic rings. The van der Waals surface area contributed by atoms with Crippen LogP contribution in [0.25, 0.3) is 0 Å². The Morgan fingerprint density at radius 3 is 2.94 bits per heavy atom. The molecular weight excluding hydrogens is 226 g/mol. The van der Waals surface area contributed by atoms with Gasteiger partial charge >= 0.3 is 5.97 Å². The van der Waals surface area contributed by atoms with Crippen molar-refractivity contribution in [3.8, 4) is 0 Å². The highest BCUT2D eigenvalue weighted by Gasteiger charge is 2.06. The zero-order valence-corrected chi connectivity index (χ0v) is 10.00. The summed E-state index contributed by atoms with van der Waals surface area (Å²) in [5, 5.41) is 9.47. The number of pyridine rings is 1. The molecule has 5 heteroatoms. The molecule has 0 aliphatic carbocycles. The predicted octanol–water partition coefficient (Wildman–Crippen LogP) is 1.73. The first-order valence-electron chi connectivity index (χ1n) is 5.14. The summed E-state index contributed by atoms with van der Waals surface area (Å²) in [6, 6.07) is 3.49. The molecule has 16 heavy (non-hydrogen) atoms. The molecule has 1 N–H and O–H groups in total. The summed E-state index contributed by atoms with van der Waals surface area (Å²) in [4.78, 5) is 15.4. The number of thioether (sulfide) groups is 1. The third kappa shape index (κ3) is 4.20. The van der Waals surface area contributed by atoms with Gasteiger partial charge in [-0.15, -0.1) is 11.8 Å². The zero-order valence-electron chi connectivity index (χ0n) is 9.18. The summed E-state index contributed by atoms with van der Waals surface area (Å²) < 4.78 is 4.85. The number of carbonyl (C=O) groups excluding carboxylic acids is 1. The number of hydrogen-bond donors (Lipinski definition) is 1. The molecule has 0 atom stereocenters. The van der Waals surface area contributed by atoms with Gasteiger partial charge in [0.15, 0.2) is 0 Å². The van der Waals surface area contributed by atoms with E-state index in [-0.39, 0.29) is 12.6 Å². The molecule has 4 nitrogen and oxygen atoms in total. The van der Waals surface area contributed by atoms with Gasteiger partial charge in [-0.2, -0.15) is 0 Å². The van der Waals surface area contributed by atoms with E-state index in [9.17, 15) is 4.79 Å². The monoisotopic (exact) mass is 241 g/mol. The Morgan fingerprint density at radius 1 is 1.56 bits per heavy atom. The SMILES string of the molecule is CCOC(=O)c1ccc(SCCCO)nc1. The third-order valence-corrected chi connectivity index (χ3v) is 2.83. The highest BCUT2D eigenvalue weighted by Crippen LogP contribution is 2.16. The van der Waals surface area contributed by atoms with Gasteiger partial charge in [0.05, 0.1) is 17.2 Å². The van der Waals surface area contributed by atoms with Crippen molar-refractivity contribution in [3.63, 3.8) is 0 Å². The molecule has 0 aromatic carbocycles. The Labute approximate surface area is 99.0 Å². The lowest BCUT2D eigenvalue weighted by Gasteiger charge is -2.02. The van der Waals surface area contributed by atoms with Gasteiger partial charge in [-0.3, -0.25) is 0 Å². The van der Waals surface area contributed by atoms with Crippen molar-refractivity contribution >= 4 is 17.7 Å². The maximum absolute atomic E-state index is 11.3. The van der Waals surface area contributed by atoms with Crippen molar-refractivity contribution in [2.24, 2.45) is 0 Å². The van der Waals surface area contributed by atoms with Crippen LogP contribution in [0.4, 0.5) is 0 Å². The van der Waals surface area contributed by atoms with Gasteiger partial charge < -0.3 is 9.84 Å². The lowest BCUT2D eigenvalue weighted by molar-refractivity contribution is 0.0525. The minimum absolute atomic E-state index is 0.188. The van der Waals surface area contributed by atoms with E-state index in [1.807, 2.05) is 0 Å². The summed E-state index contributed by atoms with van der Waals surface area (Å²) in [7, 11) is 0. The van der Waals surface area contributed by atoms with E-state index in [0.717, 1.165) is 17.2 Å². The van der Waals surface area contributed by atoms with Crippen LogP contribution < -0.4 is 0 Å². The van der Waals surface area contributed by atoms with E-state index in [4.69, 9.17) is 9.84 Å². The summed E-state index contributed by atoms with van der Waals surface area (Å²) >= 11 is 1.56. The van der Waals surface area contributed by atoms with Crippen LogP contribution in [0, 0.1) is 0 Å². The second kappa shape index (κ2) is 7.24. The van der Waals surface area contributed by atoms with E-state index in [2.05, 4.69) is 4.98 Å². The Bertz CT molecular complexity index is 327. The van der Waals surface area contributed by atoms with Crippen LogP contribution in [-0.2, 0) is 4.74 Å². The van der Waals surface area contributed by atoms with E-state index in [1.165, 1.54) is 6.20 Å². The van der Waals surface area contributed by atoms with Crippen LogP contribution in [0.5, 0.6) is 0 Å². The first kappa shape index (κ1) is 13.0. The van der Waals surface area contributed by atoms with Gasteiger partial charge in [-0.1, -0.05) is 0 Å². The molecular formula is C11H15NO3S. The molecule has 1 aromatic heterocycles. The Balaban J connectivity index is 2.50. The molecule has 0 unspecified atom stereocenters. The number of carbonyl (C=O) groups is 1. The topological polar surface area (TPSA) is 59.4 Å². The second-order valence-corrected chi connectivity index (χ2v) is 4.15. The van der Waals surface area contributed by atoms with Gasteiger partial charge in [0.1, 0.15) is 0 Å². The number of aromatic nitrogens is 1. The van der Waals surface area contributed by atoms with Gasteiger partial charge in [0.2, 0.25) is 0 Å². The fourth-order valence-electron chi connectivity index (χ4n) is 1.04. The summed E-state index contributed by atoms with van der Waals surface area (Å²) in [6.07, 6.45) is 2.26. The van der Waals surface area contributed by atoms with Crippen molar-refractivity contribution in [1.82, 2.24) is 4.98 Å². The Morgan fingerprint density at radius 2 is 2.38 bits per heavy atom.